The molecule has 4 aliphatic heterocycles. The fraction of sp³-hybridized carbons (Fsp3) is 0.846. The van der Waals surface area contributed by atoms with Gasteiger partial charge in [-0.25, -0.2) is 4.79 Å². The standard InChI is InChI=1S/C26H38N2O6/c1-15(2)6-7-19-25(3,34-19)22-21(31-4)18(8-9-26(22)14-32-26)33-24(30)28-12-16-17(13-28)20(16)23(29)27-10-5-11-27/h6,16-22H,5,7-14H2,1-4H3/t16-,17+,18-,19-,20+,21-,22?,25+,26+/m1/s1. The highest BCUT2D eigenvalue weighted by atomic mass is 16.6. The Labute approximate surface area is 201 Å². The Bertz CT molecular complexity index is 882. The van der Waals surface area contributed by atoms with E-state index in [1.54, 1.807) is 12.0 Å². The molecule has 4 saturated heterocycles. The number of epoxide rings is 2. The van der Waals surface area contributed by atoms with Gasteiger partial charge in [-0.05, 0) is 58.3 Å². The molecule has 6 fully saturated rings. The van der Waals surface area contributed by atoms with Gasteiger partial charge in [-0.1, -0.05) is 11.6 Å². The fourth-order valence-electron chi connectivity index (χ4n) is 7.06. The summed E-state index contributed by atoms with van der Waals surface area (Å²) in [6.07, 6.45) is 5.06. The Hall–Kier alpha value is -1.64. The van der Waals surface area contributed by atoms with Gasteiger partial charge < -0.3 is 28.7 Å². The zero-order chi connectivity index (χ0) is 23.8. The highest BCUT2D eigenvalue weighted by Crippen LogP contribution is 2.60. The minimum atomic E-state index is -0.339. The normalized spacial score (nSPS) is 45.9. The van der Waals surface area contributed by atoms with Crippen LogP contribution in [0.3, 0.4) is 0 Å². The maximum atomic E-state index is 13.1. The van der Waals surface area contributed by atoms with Gasteiger partial charge >= 0.3 is 6.09 Å². The molecule has 8 nitrogen and oxygen atoms in total. The number of hydrogen-bond donors (Lipinski definition) is 0. The summed E-state index contributed by atoms with van der Waals surface area (Å²) in [5.41, 5.74) is 0.720. The molecule has 34 heavy (non-hydrogen) atoms. The van der Waals surface area contributed by atoms with Gasteiger partial charge in [0.05, 0.1) is 18.6 Å². The maximum Gasteiger partial charge on any atom is 0.410 e. The predicted octanol–water partition coefficient (Wildman–Crippen LogP) is 2.61. The van der Waals surface area contributed by atoms with Gasteiger partial charge in [0.25, 0.3) is 0 Å². The van der Waals surface area contributed by atoms with Crippen LogP contribution in [-0.2, 0) is 23.7 Å². The largest absolute Gasteiger partial charge is 0.443 e. The first kappa shape index (κ1) is 22.8. The van der Waals surface area contributed by atoms with E-state index < -0.39 is 0 Å². The highest BCUT2D eigenvalue weighted by molar-refractivity contribution is 5.84. The van der Waals surface area contributed by atoms with E-state index in [0.717, 1.165) is 38.8 Å². The molecular formula is C26H38N2O6. The topological polar surface area (TPSA) is 84.1 Å². The Morgan fingerprint density at radius 3 is 2.41 bits per heavy atom. The number of rotatable bonds is 6. The van der Waals surface area contributed by atoms with Crippen LogP contribution in [0, 0.1) is 23.7 Å². The van der Waals surface area contributed by atoms with Crippen molar-refractivity contribution in [1.82, 2.24) is 9.80 Å². The molecule has 6 rings (SSSR count). The fourth-order valence-corrected chi connectivity index (χ4v) is 7.06. The molecule has 2 amide bonds. The van der Waals surface area contributed by atoms with Crippen LogP contribution >= 0.6 is 0 Å². The number of carbonyl (C=O) groups is 2. The quantitative estimate of drug-likeness (QED) is 0.435. The van der Waals surface area contributed by atoms with Crippen molar-refractivity contribution in [3.8, 4) is 0 Å². The Morgan fingerprint density at radius 1 is 1.15 bits per heavy atom. The molecule has 9 atom stereocenters. The van der Waals surface area contributed by atoms with Crippen LogP contribution in [-0.4, -0.2) is 91.2 Å². The SMILES string of the molecule is CO[C@H]1C([C@@]2(C)O[C@@H]2CC=C(C)C)[C@]2(CC[C@H]1OC(=O)N1C[C@@H]3[C@H](C1)[C@H]3C(=O)N1CCC1)CO2. The third-order valence-corrected chi connectivity index (χ3v) is 9.39. The molecule has 0 radical (unpaired) electrons. The second-order valence-corrected chi connectivity index (χ2v) is 11.7. The summed E-state index contributed by atoms with van der Waals surface area (Å²) in [6, 6.07) is 0. The highest BCUT2D eigenvalue weighted by Gasteiger charge is 2.72. The van der Waals surface area contributed by atoms with Gasteiger partial charge in [-0.2, -0.15) is 0 Å². The molecule has 8 heteroatoms. The van der Waals surface area contributed by atoms with Crippen molar-refractivity contribution in [3.63, 3.8) is 0 Å². The molecule has 2 aliphatic carbocycles. The molecule has 2 saturated carbocycles. The molecule has 0 aromatic heterocycles. The van der Waals surface area contributed by atoms with Crippen molar-refractivity contribution in [3.05, 3.63) is 11.6 Å². The van der Waals surface area contributed by atoms with Gasteiger partial charge in [-0.15, -0.1) is 0 Å². The van der Waals surface area contributed by atoms with Gasteiger partial charge in [0.1, 0.15) is 23.4 Å². The maximum absolute atomic E-state index is 13.1. The zero-order valence-electron chi connectivity index (χ0n) is 20.8. The Morgan fingerprint density at radius 2 is 1.85 bits per heavy atom. The minimum Gasteiger partial charge on any atom is -0.443 e. The van der Waals surface area contributed by atoms with Crippen LogP contribution < -0.4 is 0 Å². The summed E-state index contributed by atoms with van der Waals surface area (Å²) in [7, 11) is 1.70. The molecule has 0 aromatic carbocycles. The van der Waals surface area contributed by atoms with E-state index in [-0.39, 0.29) is 47.4 Å². The lowest BCUT2D eigenvalue weighted by Gasteiger charge is -2.43. The van der Waals surface area contributed by atoms with Crippen LogP contribution in [0.15, 0.2) is 11.6 Å². The van der Waals surface area contributed by atoms with E-state index in [1.165, 1.54) is 5.57 Å². The van der Waals surface area contributed by atoms with E-state index in [9.17, 15) is 9.59 Å². The molecule has 1 unspecified atom stereocenters. The first-order chi connectivity index (χ1) is 16.3. The van der Waals surface area contributed by atoms with Crippen LogP contribution in [0.4, 0.5) is 4.79 Å². The molecule has 0 bridgehead atoms. The number of likely N-dealkylation sites (tertiary alicyclic amines) is 2. The molecule has 0 N–H and O–H groups in total. The van der Waals surface area contributed by atoms with Crippen molar-refractivity contribution < 1.29 is 28.5 Å². The number of allylic oxidation sites excluding steroid dienone is 1. The van der Waals surface area contributed by atoms with Crippen LogP contribution in [0.25, 0.3) is 0 Å². The summed E-state index contributed by atoms with van der Waals surface area (Å²) in [4.78, 5) is 29.4. The van der Waals surface area contributed by atoms with Crippen molar-refractivity contribution in [2.75, 3.05) is 39.9 Å². The second-order valence-electron chi connectivity index (χ2n) is 11.7. The number of piperidine rings is 1. The summed E-state index contributed by atoms with van der Waals surface area (Å²) < 4.78 is 24.3. The third kappa shape index (κ3) is 3.59. The Balaban J connectivity index is 1.08. The average molecular weight is 475 g/mol. The second kappa shape index (κ2) is 7.93. The van der Waals surface area contributed by atoms with Crippen molar-refractivity contribution in [2.45, 2.75) is 76.0 Å². The lowest BCUT2D eigenvalue weighted by Crippen LogP contribution is -2.56. The zero-order valence-corrected chi connectivity index (χ0v) is 20.8. The van der Waals surface area contributed by atoms with Gasteiger partial charge in [0.15, 0.2) is 0 Å². The van der Waals surface area contributed by atoms with E-state index >= 15 is 0 Å². The molecule has 188 valence electrons. The Kier molecular flexibility index (Phi) is 5.32. The summed E-state index contributed by atoms with van der Waals surface area (Å²) in [6.45, 7) is 10.1. The number of hydrogen-bond acceptors (Lipinski definition) is 6. The minimum absolute atomic E-state index is 0.0256. The van der Waals surface area contributed by atoms with Crippen LogP contribution in [0.5, 0.6) is 0 Å². The molecule has 0 aromatic rings. The van der Waals surface area contributed by atoms with Crippen molar-refractivity contribution in [1.29, 1.82) is 0 Å². The smallest absolute Gasteiger partial charge is 0.410 e. The lowest BCUT2D eigenvalue weighted by atomic mass is 9.68. The molecular weight excluding hydrogens is 436 g/mol. The number of carbonyl (C=O) groups excluding carboxylic acids is 2. The van der Waals surface area contributed by atoms with E-state index in [2.05, 4.69) is 26.8 Å². The summed E-state index contributed by atoms with van der Waals surface area (Å²) >= 11 is 0. The first-order valence-corrected chi connectivity index (χ1v) is 13.0. The molecule has 4 heterocycles. The first-order valence-electron chi connectivity index (χ1n) is 13.0. The van der Waals surface area contributed by atoms with Gasteiger partial charge in [0.2, 0.25) is 5.91 Å². The molecule has 1 spiro atoms. The van der Waals surface area contributed by atoms with Crippen LogP contribution in [0.1, 0.15) is 46.5 Å². The molecule has 6 aliphatic rings. The number of ether oxygens (including phenoxy) is 4. The monoisotopic (exact) mass is 474 g/mol. The van der Waals surface area contributed by atoms with E-state index in [4.69, 9.17) is 18.9 Å². The summed E-state index contributed by atoms with van der Waals surface area (Å²) in [5.74, 6) is 1.04. The predicted molar refractivity (Wildman–Crippen MR) is 123 cm³/mol. The third-order valence-electron chi connectivity index (χ3n) is 9.39. The number of fused-ring (bicyclic) bond motifs is 1. The summed E-state index contributed by atoms with van der Waals surface area (Å²) in [5, 5.41) is 0. The van der Waals surface area contributed by atoms with Crippen molar-refractivity contribution in [2.24, 2.45) is 23.7 Å². The number of nitrogens with zero attached hydrogens (tertiary/aromatic N) is 2. The van der Waals surface area contributed by atoms with Gasteiger partial charge in [-0.3, -0.25) is 4.79 Å². The van der Waals surface area contributed by atoms with Crippen molar-refractivity contribution >= 4 is 12.0 Å². The van der Waals surface area contributed by atoms with E-state index in [1.807, 2.05) is 4.90 Å². The number of methoxy groups -OCH3 is 1. The van der Waals surface area contributed by atoms with Gasteiger partial charge in [0, 0.05) is 39.2 Å². The number of amides is 2. The average Bonchev–Trinajstić information content (AvgIpc) is 3.72. The van der Waals surface area contributed by atoms with Crippen LogP contribution in [0.2, 0.25) is 0 Å². The van der Waals surface area contributed by atoms with E-state index in [0.29, 0.717) is 37.4 Å². The lowest BCUT2D eigenvalue weighted by molar-refractivity contribution is -0.137.